The van der Waals surface area contributed by atoms with E-state index < -0.39 is 5.60 Å². The molecule has 156 valence electrons. The molecule has 0 aromatic rings. The number of likely N-dealkylation sites (tertiary alicyclic amines) is 1. The second-order valence-corrected chi connectivity index (χ2v) is 8.88. The number of amides is 1. The van der Waals surface area contributed by atoms with Crippen molar-refractivity contribution in [3.05, 3.63) is 0 Å². The van der Waals surface area contributed by atoms with Gasteiger partial charge in [-0.1, -0.05) is 0 Å². The molecule has 2 aliphatic rings. The van der Waals surface area contributed by atoms with Crippen LogP contribution in [0.3, 0.4) is 0 Å². The highest BCUT2D eigenvalue weighted by molar-refractivity contribution is 5.80. The van der Waals surface area contributed by atoms with Gasteiger partial charge >= 0.3 is 6.09 Å². The van der Waals surface area contributed by atoms with E-state index in [2.05, 4.69) is 41.2 Å². The zero-order valence-corrected chi connectivity index (χ0v) is 18.0. The third-order valence-electron chi connectivity index (χ3n) is 4.84. The van der Waals surface area contributed by atoms with Gasteiger partial charge in [-0.2, -0.15) is 0 Å². The Morgan fingerprint density at radius 3 is 2.56 bits per heavy atom. The van der Waals surface area contributed by atoms with Gasteiger partial charge in [0.25, 0.3) is 0 Å². The quantitative estimate of drug-likeness (QED) is 0.524. The first-order chi connectivity index (χ1) is 12.7. The lowest BCUT2D eigenvalue weighted by atomic mass is 10.2. The van der Waals surface area contributed by atoms with E-state index in [4.69, 9.17) is 9.73 Å². The summed E-state index contributed by atoms with van der Waals surface area (Å²) in [5.41, 5.74) is -0.470. The van der Waals surface area contributed by atoms with Gasteiger partial charge in [0.2, 0.25) is 0 Å². The van der Waals surface area contributed by atoms with Crippen molar-refractivity contribution in [3.63, 3.8) is 0 Å². The zero-order chi connectivity index (χ0) is 20.0. The molecule has 7 nitrogen and oxygen atoms in total. The average molecular weight is 382 g/mol. The fourth-order valence-corrected chi connectivity index (χ4v) is 3.51. The lowest BCUT2D eigenvalue weighted by Crippen LogP contribution is -2.44. The fourth-order valence-electron chi connectivity index (χ4n) is 3.51. The summed E-state index contributed by atoms with van der Waals surface area (Å²) < 4.78 is 5.36. The topological polar surface area (TPSA) is 69.2 Å². The highest BCUT2D eigenvalue weighted by atomic mass is 16.6. The number of rotatable bonds is 7. The molecule has 1 saturated heterocycles. The van der Waals surface area contributed by atoms with Gasteiger partial charge in [0.1, 0.15) is 5.60 Å². The molecular formula is C20H39N5O2. The van der Waals surface area contributed by atoms with E-state index in [0.29, 0.717) is 6.04 Å². The Morgan fingerprint density at radius 1 is 1.30 bits per heavy atom. The molecule has 27 heavy (non-hydrogen) atoms. The molecular weight excluding hydrogens is 342 g/mol. The monoisotopic (exact) mass is 381 g/mol. The summed E-state index contributed by atoms with van der Waals surface area (Å²) in [5.74, 6) is 0.950. The van der Waals surface area contributed by atoms with Gasteiger partial charge in [-0.05, 0) is 60.8 Å². The van der Waals surface area contributed by atoms with E-state index in [0.717, 1.165) is 51.1 Å². The van der Waals surface area contributed by atoms with Crippen LogP contribution in [0, 0.1) is 0 Å². The lowest BCUT2D eigenvalue weighted by molar-refractivity contribution is 0.0507. The number of nitrogens with zero attached hydrogens (tertiary/aromatic N) is 3. The SMILES string of the molecule is CCNC(=NCCN(C(C)C)C1CC1)N1CC[C@@H](NC(=O)OC(C)(C)C)C1. The predicted molar refractivity (Wildman–Crippen MR) is 110 cm³/mol. The first-order valence-corrected chi connectivity index (χ1v) is 10.5. The van der Waals surface area contributed by atoms with Crippen LogP contribution in [0.25, 0.3) is 0 Å². The maximum atomic E-state index is 12.0. The first-order valence-electron chi connectivity index (χ1n) is 10.5. The van der Waals surface area contributed by atoms with Gasteiger partial charge in [-0.3, -0.25) is 9.89 Å². The maximum Gasteiger partial charge on any atom is 0.407 e. The smallest absolute Gasteiger partial charge is 0.407 e. The summed E-state index contributed by atoms with van der Waals surface area (Å²) in [4.78, 5) is 21.6. The Labute approximate surface area is 164 Å². The lowest BCUT2D eigenvalue weighted by Gasteiger charge is -2.26. The minimum atomic E-state index is -0.470. The molecule has 1 atom stereocenters. The fraction of sp³-hybridized carbons (Fsp3) is 0.900. The Balaban J connectivity index is 1.84. The van der Waals surface area contributed by atoms with Crippen molar-refractivity contribution in [1.82, 2.24) is 20.4 Å². The molecule has 1 aliphatic heterocycles. The van der Waals surface area contributed by atoms with E-state index in [-0.39, 0.29) is 12.1 Å². The molecule has 1 saturated carbocycles. The molecule has 0 radical (unpaired) electrons. The molecule has 2 fully saturated rings. The van der Waals surface area contributed by atoms with Crippen molar-refractivity contribution in [1.29, 1.82) is 0 Å². The van der Waals surface area contributed by atoms with Gasteiger partial charge in [0.05, 0.1) is 12.6 Å². The number of alkyl carbamates (subject to hydrolysis) is 1. The molecule has 2 rings (SSSR count). The molecule has 1 amide bonds. The van der Waals surface area contributed by atoms with E-state index in [1.165, 1.54) is 12.8 Å². The highest BCUT2D eigenvalue weighted by Crippen LogP contribution is 2.28. The molecule has 7 heteroatoms. The molecule has 1 heterocycles. The number of carbonyl (C=O) groups excluding carboxylic acids is 1. The van der Waals surface area contributed by atoms with Crippen molar-refractivity contribution >= 4 is 12.1 Å². The van der Waals surface area contributed by atoms with Crippen LogP contribution in [-0.4, -0.2) is 78.3 Å². The molecule has 0 bridgehead atoms. The Kier molecular flexibility index (Phi) is 7.77. The number of hydrogen-bond donors (Lipinski definition) is 2. The number of carbonyl (C=O) groups is 1. The van der Waals surface area contributed by atoms with Crippen molar-refractivity contribution in [2.45, 2.75) is 84.5 Å². The number of hydrogen-bond acceptors (Lipinski definition) is 4. The molecule has 2 N–H and O–H groups in total. The van der Waals surface area contributed by atoms with E-state index in [1.807, 2.05) is 20.8 Å². The normalized spacial score (nSPS) is 21.1. The van der Waals surface area contributed by atoms with Gasteiger partial charge in [-0.25, -0.2) is 4.79 Å². The van der Waals surface area contributed by atoms with Crippen molar-refractivity contribution in [3.8, 4) is 0 Å². The van der Waals surface area contributed by atoms with Gasteiger partial charge in [-0.15, -0.1) is 0 Å². The van der Waals surface area contributed by atoms with Crippen LogP contribution in [0.1, 0.15) is 60.8 Å². The van der Waals surface area contributed by atoms with Crippen LogP contribution >= 0.6 is 0 Å². The number of aliphatic imine (C=N–C) groups is 1. The number of guanidine groups is 1. The highest BCUT2D eigenvalue weighted by Gasteiger charge is 2.30. The van der Waals surface area contributed by atoms with Gasteiger partial charge in [0, 0.05) is 38.3 Å². The first kappa shape index (κ1) is 21.8. The molecule has 0 spiro atoms. The van der Waals surface area contributed by atoms with Crippen LogP contribution in [0.4, 0.5) is 4.79 Å². The van der Waals surface area contributed by atoms with Crippen LogP contribution < -0.4 is 10.6 Å². The largest absolute Gasteiger partial charge is 0.444 e. The molecule has 0 unspecified atom stereocenters. The van der Waals surface area contributed by atoms with Crippen molar-refractivity contribution in [2.75, 3.05) is 32.7 Å². The maximum absolute atomic E-state index is 12.0. The summed E-state index contributed by atoms with van der Waals surface area (Å²) in [7, 11) is 0. The minimum Gasteiger partial charge on any atom is -0.444 e. The van der Waals surface area contributed by atoms with E-state index >= 15 is 0 Å². The Hall–Kier alpha value is -1.50. The van der Waals surface area contributed by atoms with Crippen LogP contribution in [0.2, 0.25) is 0 Å². The summed E-state index contributed by atoms with van der Waals surface area (Å²) in [5, 5.41) is 6.38. The molecule has 1 aliphatic carbocycles. The summed E-state index contributed by atoms with van der Waals surface area (Å²) in [6, 6.07) is 1.43. The van der Waals surface area contributed by atoms with Gasteiger partial charge < -0.3 is 20.3 Å². The summed E-state index contributed by atoms with van der Waals surface area (Å²) in [6.45, 7) is 16.6. The molecule has 0 aromatic carbocycles. The van der Waals surface area contributed by atoms with E-state index in [9.17, 15) is 4.79 Å². The van der Waals surface area contributed by atoms with Crippen LogP contribution in [-0.2, 0) is 4.74 Å². The standard InChI is InChI=1S/C20H39N5O2/c1-7-21-18(22-11-13-25(15(2)3)17-8-9-17)24-12-10-16(14-24)23-19(26)27-20(4,5)6/h15-17H,7-14H2,1-6H3,(H,21,22)(H,23,26)/t16-/m1/s1. The van der Waals surface area contributed by atoms with Gasteiger partial charge in [0.15, 0.2) is 5.96 Å². The molecule has 0 aromatic heterocycles. The van der Waals surface area contributed by atoms with Crippen molar-refractivity contribution < 1.29 is 9.53 Å². The third-order valence-corrected chi connectivity index (χ3v) is 4.84. The predicted octanol–water partition coefficient (Wildman–Crippen LogP) is 2.42. The van der Waals surface area contributed by atoms with Crippen LogP contribution in [0.15, 0.2) is 4.99 Å². The Morgan fingerprint density at radius 2 is 2.00 bits per heavy atom. The van der Waals surface area contributed by atoms with Crippen molar-refractivity contribution in [2.24, 2.45) is 4.99 Å². The second-order valence-electron chi connectivity index (χ2n) is 8.88. The number of nitrogens with one attached hydrogen (secondary N) is 2. The minimum absolute atomic E-state index is 0.0994. The number of ether oxygens (including phenoxy) is 1. The van der Waals surface area contributed by atoms with E-state index in [1.54, 1.807) is 0 Å². The van der Waals surface area contributed by atoms with Crippen LogP contribution in [0.5, 0.6) is 0 Å². The second kappa shape index (κ2) is 9.62. The Bertz CT molecular complexity index is 509. The summed E-state index contributed by atoms with van der Waals surface area (Å²) >= 11 is 0. The summed E-state index contributed by atoms with van der Waals surface area (Å²) in [6.07, 6.45) is 3.22. The third kappa shape index (κ3) is 7.56. The zero-order valence-electron chi connectivity index (χ0n) is 18.0. The average Bonchev–Trinajstić information content (AvgIpc) is 3.27.